The number of carbonyl (C=O) groups excluding carboxylic acids is 1. The van der Waals surface area contributed by atoms with Crippen molar-refractivity contribution in [1.29, 1.82) is 0 Å². The number of aromatic carboxylic acids is 1. The summed E-state index contributed by atoms with van der Waals surface area (Å²) < 4.78 is 5.36. The van der Waals surface area contributed by atoms with E-state index in [0.29, 0.717) is 18.4 Å². The lowest BCUT2D eigenvalue weighted by Crippen LogP contribution is -2.27. The van der Waals surface area contributed by atoms with E-state index in [0.717, 1.165) is 38.0 Å². The smallest absolute Gasteiger partial charge is 0.335 e. The van der Waals surface area contributed by atoms with Crippen LogP contribution in [0.3, 0.4) is 0 Å². The normalized spacial score (nSPS) is 24.7. The highest BCUT2D eigenvalue weighted by Gasteiger charge is 2.47. The van der Waals surface area contributed by atoms with Crippen LogP contribution in [0.5, 0.6) is 0 Å². The van der Waals surface area contributed by atoms with Crippen molar-refractivity contribution in [3.05, 3.63) is 35.4 Å². The molecule has 5 heteroatoms. The number of amides is 1. The van der Waals surface area contributed by atoms with Gasteiger partial charge in [0.05, 0.1) is 5.56 Å². The minimum Gasteiger partial charge on any atom is -0.478 e. The molecule has 1 aliphatic heterocycles. The molecule has 3 rings (SSSR count). The fraction of sp³-hybridized carbons (Fsp3) is 0.529. The van der Waals surface area contributed by atoms with Crippen LogP contribution in [0.1, 0.15) is 35.2 Å². The maximum absolute atomic E-state index is 12.2. The molecule has 0 aromatic heterocycles. The van der Waals surface area contributed by atoms with Crippen LogP contribution in [0.25, 0.3) is 0 Å². The van der Waals surface area contributed by atoms with Crippen molar-refractivity contribution in [3.8, 4) is 0 Å². The zero-order valence-electron chi connectivity index (χ0n) is 12.5. The lowest BCUT2D eigenvalue weighted by atomic mass is 9.93. The van der Waals surface area contributed by atoms with Crippen molar-refractivity contribution in [1.82, 2.24) is 5.32 Å². The molecule has 1 saturated heterocycles. The van der Waals surface area contributed by atoms with E-state index < -0.39 is 5.97 Å². The molecular weight excluding hydrogens is 282 g/mol. The summed E-state index contributed by atoms with van der Waals surface area (Å²) in [4.78, 5) is 23.1. The Morgan fingerprint density at radius 1 is 1.27 bits per heavy atom. The first kappa shape index (κ1) is 15.0. The van der Waals surface area contributed by atoms with Crippen LogP contribution < -0.4 is 5.32 Å². The summed E-state index contributed by atoms with van der Waals surface area (Å²) >= 11 is 0. The van der Waals surface area contributed by atoms with Gasteiger partial charge in [-0.1, -0.05) is 12.1 Å². The van der Waals surface area contributed by atoms with Crippen molar-refractivity contribution in [2.75, 3.05) is 13.2 Å². The average Bonchev–Trinajstić information content (AvgIpc) is 3.34. The number of hydrogen-bond acceptors (Lipinski definition) is 3. The zero-order valence-corrected chi connectivity index (χ0v) is 12.5. The SMILES string of the molecule is O=C(O)c1cccc(CNC(=O)[C@@H]2C[C@H]2C2CCOCC2)c1. The zero-order chi connectivity index (χ0) is 15.5. The molecule has 2 atom stereocenters. The molecule has 2 fully saturated rings. The number of carboxylic acids is 1. The van der Waals surface area contributed by atoms with Crippen molar-refractivity contribution in [3.63, 3.8) is 0 Å². The molecule has 0 spiro atoms. The molecular formula is C17H21NO4. The molecule has 2 N–H and O–H groups in total. The topological polar surface area (TPSA) is 75.6 Å². The van der Waals surface area contributed by atoms with Gasteiger partial charge in [-0.2, -0.15) is 0 Å². The van der Waals surface area contributed by atoms with Crippen LogP contribution in [-0.4, -0.2) is 30.2 Å². The van der Waals surface area contributed by atoms with Crippen LogP contribution in [0.15, 0.2) is 24.3 Å². The van der Waals surface area contributed by atoms with E-state index in [1.165, 1.54) is 0 Å². The van der Waals surface area contributed by atoms with Gasteiger partial charge >= 0.3 is 5.97 Å². The highest BCUT2D eigenvalue weighted by atomic mass is 16.5. The molecule has 5 nitrogen and oxygen atoms in total. The van der Waals surface area contributed by atoms with Crippen LogP contribution in [-0.2, 0) is 16.1 Å². The third kappa shape index (κ3) is 3.47. The quantitative estimate of drug-likeness (QED) is 0.873. The summed E-state index contributed by atoms with van der Waals surface area (Å²) in [5.41, 5.74) is 1.06. The molecule has 22 heavy (non-hydrogen) atoms. The molecule has 1 saturated carbocycles. The van der Waals surface area contributed by atoms with Crippen molar-refractivity contribution >= 4 is 11.9 Å². The van der Waals surface area contributed by atoms with Gasteiger partial charge in [0.1, 0.15) is 0 Å². The van der Waals surface area contributed by atoms with Gasteiger partial charge in [-0.05, 0) is 48.8 Å². The minimum absolute atomic E-state index is 0.0946. The third-order valence-corrected chi connectivity index (χ3v) is 4.69. The fourth-order valence-electron chi connectivity index (χ4n) is 3.32. The van der Waals surface area contributed by atoms with E-state index in [9.17, 15) is 9.59 Å². The molecule has 1 heterocycles. The van der Waals surface area contributed by atoms with Gasteiger partial charge in [0.2, 0.25) is 5.91 Å². The summed E-state index contributed by atoms with van der Waals surface area (Å²) in [6.45, 7) is 2.02. The monoisotopic (exact) mass is 303 g/mol. The second kappa shape index (κ2) is 6.48. The predicted octanol–water partition coefficient (Wildman–Crippen LogP) is 2.06. The number of carbonyl (C=O) groups is 2. The second-order valence-corrected chi connectivity index (χ2v) is 6.18. The molecule has 2 aliphatic rings. The first-order chi connectivity index (χ1) is 10.6. The third-order valence-electron chi connectivity index (χ3n) is 4.69. The van der Waals surface area contributed by atoms with Gasteiger partial charge < -0.3 is 15.2 Å². The number of rotatable bonds is 5. The highest BCUT2D eigenvalue weighted by molar-refractivity contribution is 5.87. The Bertz CT molecular complexity index is 566. The highest BCUT2D eigenvalue weighted by Crippen LogP contribution is 2.47. The Labute approximate surface area is 129 Å². The van der Waals surface area contributed by atoms with E-state index in [4.69, 9.17) is 9.84 Å². The largest absolute Gasteiger partial charge is 0.478 e. The van der Waals surface area contributed by atoms with Gasteiger partial charge in [-0.3, -0.25) is 4.79 Å². The molecule has 1 amide bonds. The van der Waals surface area contributed by atoms with Crippen LogP contribution in [0.2, 0.25) is 0 Å². The maximum atomic E-state index is 12.2. The first-order valence-corrected chi connectivity index (χ1v) is 7.83. The molecule has 0 unspecified atom stereocenters. The van der Waals surface area contributed by atoms with E-state index in [-0.39, 0.29) is 17.4 Å². The summed E-state index contributed by atoms with van der Waals surface area (Å²) in [6, 6.07) is 6.68. The molecule has 1 aromatic rings. The lowest BCUT2D eigenvalue weighted by Gasteiger charge is -2.21. The molecule has 1 aromatic carbocycles. The van der Waals surface area contributed by atoms with E-state index >= 15 is 0 Å². The predicted molar refractivity (Wildman–Crippen MR) is 80.4 cm³/mol. The summed E-state index contributed by atoms with van der Waals surface area (Å²) in [6.07, 6.45) is 3.11. The molecule has 0 bridgehead atoms. The lowest BCUT2D eigenvalue weighted by molar-refractivity contribution is -0.123. The van der Waals surface area contributed by atoms with Crippen molar-refractivity contribution < 1.29 is 19.4 Å². The average molecular weight is 303 g/mol. The molecule has 1 aliphatic carbocycles. The summed E-state index contributed by atoms with van der Waals surface area (Å²) in [5, 5.41) is 11.9. The van der Waals surface area contributed by atoms with E-state index in [2.05, 4.69) is 5.32 Å². The first-order valence-electron chi connectivity index (χ1n) is 7.83. The summed E-state index contributed by atoms with van der Waals surface area (Å²) in [5.74, 6) is 0.409. The number of ether oxygens (including phenoxy) is 1. The second-order valence-electron chi connectivity index (χ2n) is 6.18. The number of benzene rings is 1. The van der Waals surface area contributed by atoms with Crippen LogP contribution in [0.4, 0.5) is 0 Å². The number of carboxylic acid groups (broad SMARTS) is 1. The van der Waals surface area contributed by atoms with E-state index in [1.54, 1.807) is 18.2 Å². The van der Waals surface area contributed by atoms with Gasteiger partial charge in [0.15, 0.2) is 0 Å². The van der Waals surface area contributed by atoms with Crippen molar-refractivity contribution in [2.45, 2.75) is 25.8 Å². The summed E-state index contributed by atoms with van der Waals surface area (Å²) in [7, 11) is 0. The van der Waals surface area contributed by atoms with Gasteiger partial charge in [0.25, 0.3) is 0 Å². The molecule has 0 radical (unpaired) electrons. The Kier molecular flexibility index (Phi) is 4.43. The molecule has 118 valence electrons. The van der Waals surface area contributed by atoms with Crippen LogP contribution >= 0.6 is 0 Å². The number of nitrogens with one attached hydrogen (secondary N) is 1. The Morgan fingerprint density at radius 3 is 2.77 bits per heavy atom. The van der Waals surface area contributed by atoms with Gasteiger partial charge in [-0.25, -0.2) is 4.79 Å². The van der Waals surface area contributed by atoms with E-state index in [1.807, 2.05) is 6.07 Å². The van der Waals surface area contributed by atoms with Gasteiger partial charge in [-0.15, -0.1) is 0 Å². The Hall–Kier alpha value is -1.88. The maximum Gasteiger partial charge on any atom is 0.335 e. The number of hydrogen-bond donors (Lipinski definition) is 2. The Balaban J connectivity index is 1.49. The minimum atomic E-state index is -0.949. The van der Waals surface area contributed by atoms with Crippen LogP contribution in [0, 0.1) is 17.8 Å². The van der Waals surface area contributed by atoms with Crippen molar-refractivity contribution in [2.24, 2.45) is 17.8 Å². The fourth-order valence-corrected chi connectivity index (χ4v) is 3.32. The Morgan fingerprint density at radius 2 is 2.05 bits per heavy atom. The van der Waals surface area contributed by atoms with Gasteiger partial charge in [0, 0.05) is 25.7 Å². The standard InChI is InChI=1S/C17H21NO4/c19-16(15-9-14(15)12-4-6-22-7-5-12)18-10-11-2-1-3-13(8-11)17(20)21/h1-3,8,12,14-15H,4-7,9-10H2,(H,18,19)(H,20,21)/t14-,15+/m0/s1.